The normalized spacial score (nSPS) is 16.8. The largest absolute Gasteiger partial charge is 0.497 e. The summed E-state index contributed by atoms with van der Waals surface area (Å²) in [6.07, 6.45) is 2.39. The van der Waals surface area contributed by atoms with Gasteiger partial charge in [0.05, 0.1) is 31.7 Å². The molecule has 1 aromatic heterocycles. The maximum atomic E-state index is 12.9. The van der Waals surface area contributed by atoms with E-state index in [4.69, 9.17) is 9.15 Å². The van der Waals surface area contributed by atoms with Crippen molar-refractivity contribution in [3.8, 4) is 5.75 Å². The first-order valence-corrected chi connectivity index (χ1v) is 11.6. The molecule has 1 N–H and O–H groups in total. The van der Waals surface area contributed by atoms with E-state index in [2.05, 4.69) is 5.32 Å². The van der Waals surface area contributed by atoms with Gasteiger partial charge in [0.2, 0.25) is 5.91 Å². The molecule has 1 aliphatic rings. The molecule has 0 aliphatic carbocycles. The van der Waals surface area contributed by atoms with Crippen molar-refractivity contribution in [2.75, 3.05) is 12.9 Å². The third-order valence-corrected chi connectivity index (χ3v) is 6.82. The molecular weight excluding hydrogens is 424 g/mol. The van der Waals surface area contributed by atoms with Crippen molar-refractivity contribution >= 4 is 23.6 Å². The van der Waals surface area contributed by atoms with Crippen LogP contribution in [-0.4, -0.2) is 29.6 Å². The molecule has 2 unspecified atom stereocenters. The first-order valence-electron chi connectivity index (χ1n) is 10.6. The fourth-order valence-corrected chi connectivity index (χ4v) is 4.96. The SMILES string of the molecule is CCC(NC(=O)c1ccc(C2SCC(=O)N2Cc2ccco2)cc1)c1ccc(OC)cc1. The van der Waals surface area contributed by atoms with Crippen LogP contribution in [0.5, 0.6) is 5.75 Å². The average molecular weight is 451 g/mol. The van der Waals surface area contributed by atoms with E-state index in [0.717, 1.165) is 29.1 Å². The molecule has 3 aromatic rings. The number of methoxy groups -OCH3 is 1. The van der Waals surface area contributed by atoms with E-state index < -0.39 is 0 Å². The highest BCUT2D eigenvalue weighted by atomic mass is 32.2. The van der Waals surface area contributed by atoms with Crippen molar-refractivity contribution in [1.29, 1.82) is 0 Å². The Morgan fingerprint density at radius 1 is 1.19 bits per heavy atom. The standard InChI is InChI=1S/C25H26N2O4S/c1-3-22(17-10-12-20(30-2)13-11-17)26-24(29)18-6-8-19(9-7-18)25-27(23(28)16-32-25)15-21-5-4-14-31-21/h4-14,22,25H,3,15-16H2,1-2H3,(H,26,29). The molecule has 2 heterocycles. The van der Waals surface area contributed by atoms with Gasteiger partial charge in [0.1, 0.15) is 16.9 Å². The van der Waals surface area contributed by atoms with E-state index in [1.165, 1.54) is 0 Å². The lowest BCUT2D eigenvalue weighted by Gasteiger charge is -2.23. The molecule has 0 bridgehead atoms. The number of thioether (sulfide) groups is 1. The van der Waals surface area contributed by atoms with Gasteiger partial charge in [0.15, 0.2) is 0 Å². The van der Waals surface area contributed by atoms with Crippen LogP contribution < -0.4 is 10.1 Å². The highest BCUT2D eigenvalue weighted by Crippen LogP contribution is 2.39. The number of carbonyl (C=O) groups excluding carboxylic acids is 2. The summed E-state index contributed by atoms with van der Waals surface area (Å²) in [6, 6.07) is 18.8. The number of benzene rings is 2. The third-order valence-electron chi connectivity index (χ3n) is 5.56. The van der Waals surface area contributed by atoms with Crippen LogP contribution in [-0.2, 0) is 11.3 Å². The zero-order valence-corrected chi connectivity index (χ0v) is 18.9. The minimum atomic E-state index is -0.123. The molecule has 166 valence electrons. The Hall–Kier alpha value is -3.19. The van der Waals surface area contributed by atoms with Crippen molar-refractivity contribution < 1.29 is 18.7 Å². The number of hydrogen-bond donors (Lipinski definition) is 1. The molecule has 2 atom stereocenters. The number of hydrogen-bond acceptors (Lipinski definition) is 5. The summed E-state index contributed by atoms with van der Waals surface area (Å²) >= 11 is 1.59. The van der Waals surface area contributed by atoms with Gasteiger partial charge >= 0.3 is 0 Å². The summed E-state index contributed by atoms with van der Waals surface area (Å²) in [6.45, 7) is 2.48. The molecule has 0 spiro atoms. The Kier molecular flexibility index (Phi) is 6.85. The van der Waals surface area contributed by atoms with Gasteiger partial charge in [-0.3, -0.25) is 9.59 Å². The molecule has 32 heavy (non-hydrogen) atoms. The lowest BCUT2D eigenvalue weighted by atomic mass is 10.0. The molecule has 1 fully saturated rings. The number of carbonyl (C=O) groups is 2. The number of ether oxygens (including phenoxy) is 1. The van der Waals surface area contributed by atoms with Crippen molar-refractivity contribution in [2.24, 2.45) is 0 Å². The van der Waals surface area contributed by atoms with Crippen LogP contribution in [0.1, 0.15) is 52.0 Å². The highest BCUT2D eigenvalue weighted by molar-refractivity contribution is 8.00. The summed E-state index contributed by atoms with van der Waals surface area (Å²) in [5.74, 6) is 1.94. The van der Waals surface area contributed by atoms with Gasteiger partial charge in [-0.25, -0.2) is 0 Å². The van der Waals surface area contributed by atoms with Crippen molar-refractivity contribution in [3.63, 3.8) is 0 Å². The Labute approximate surface area is 191 Å². The van der Waals surface area contributed by atoms with Gasteiger partial charge in [-0.1, -0.05) is 31.2 Å². The fraction of sp³-hybridized carbons (Fsp3) is 0.280. The number of amides is 2. The van der Waals surface area contributed by atoms with Crippen LogP contribution in [0.15, 0.2) is 71.3 Å². The Bertz CT molecular complexity index is 1050. The topological polar surface area (TPSA) is 71.8 Å². The molecule has 2 aromatic carbocycles. The second kappa shape index (κ2) is 9.96. The van der Waals surface area contributed by atoms with E-state index in [1.54, 1.807) is 25.1 Å². The lowest BCUT2D eigenvalue weighted by molar-refractivity contribution is -0.128. The van der Waals surface area contributed by atoms with Crippen LogP contribution in [0, 0.1) is 0 Å². The van der Waals surface area contributed by atoms with Crippen LogP contribution in [0.3, 0.4) is 0 Å². The minimum absolute atomic E-state index is 0.0834. The molecule has 1 saturated heterocycles. The second-order valence-electron chi connectivity index (χ2n) is 7.59. The zero-order valence-electron chi connectivity index (χ0n) is 18.1. The van der Waals surface area contributed by atoms with Crippen LogP contribution in [0.25, 0.3) is 0 Å². The summed E-state index contributed by atoms with van der Waals surface area (Å²) < 4.78 is 10.6. The van der Waals surface area contributed by atoms with E-state index in [1.807, 2.05) is 72.5 Å². The summed E-state index contributed by atoms with van der Waals surface area (Å²) in [5.41, 5.74) is 2.62. The molecule has 7 heteroatoms. The molecular formula is C25H26N2O4S. The lowest BCUT2D eigenvalue weighted by Crippen LogP contribution is -2.28. The van der Waals surface area contributed by atoms with Gasteiger partial charge in [-0.2, -0.15) is 0 Å². The number of nitrogens with one attached hydrogen (secondary N) is 1. The van der Waals surface area contributed by atoms with E-state index in [-0.39, 0.29) is 23.2 Å². The van der Waals surface area contributed by atoms with E-state index >= 15 is 0 Å². The predicted octanol–water partition coefficient (Wildman–Crippen LogP) is 4.94. The monoisotopic (exact) mass is 450 g/mol. The first-order chi connectivity index (χ1) is 15.6. The minimum Gasteiger partial charge on any atom is -0.497 e. The second-order valence-corrected chi connectivity index (χ2v) is 8.66. The predicted molar refractivity (Wildman–Crippen MR) is 124 cm³/mol. The third kappa shape index (κ3) is 4.83. The van der Waals surface area contributed by atoms with Crippen LogP contribution in [0.2, 0.25) is 0 Å². The molecule has 1 aliphatic heterocycles. The van der Waals surface area contributed by atoms with Gasteiger partial charge in [0, 0.05) is 5.56 Å². The molecule has 2 amide bonds. The number of nitrogens with zero attached hydrogens (tertiary/aromatic N) is 1. The zero-order chi connectivity index (χ0) is 22.5. The van der Waals surface area contributed by atoms with Gasteiger partial charge in [0.25, 0.3) is 5.91 Å². The smallest absolute Gasteiger partial charge is 0.251 e. The summed E-state index contributed by atoms with van der Waals surface area (Å²) in [5, 5.41) is 3.02. The van der Waals surface area contributed by atoms with Crippen molar-refractivity contribution in [3.05, 3.63) is 89.4 Å². The van der Waals surface area contributed by atoms with Gasteiger partial charge in [-0.15, -0.1) is 11.8 Å². The number of rotatable bonds is 8. The average Bonchev–Trinajstić information content (AvgIpc) is 3.48. The molecule has 0 radical (unpaired) electrons. The summed E-state index contributed by atoms with van der Waals surface area (Å²) in [4.78, 5) is 27.0. The van der Waals surface area contributed by atoms with Gasteiger partial charge in [-0.05, 0) is 53.9 Å². The first kappa shape index (κ1) is 22.0. The van der Waals surface area contributed by atoms with Crippen molar-refractivity contribution in [2.45, 2.75) is 31.3 Å². The fourth-order valence-electron chi connectivity index (χ4n) is 3.77. The highest BCUT2D eigenvalue weighted by Gasteiger charge is 2.33. The molecule has 4 rings (SSSR count). The van der Waals surface area contributed by atoms with E-state index in [0.29, 0.717) is 17.9 Å². The maximum Gasteiger partial charge on any atom is 0.251 e. The quantitative estimate of drug-likeness (QED) is 0.526. The summed E-state index contributed by atoms with van der Waals surface area (Å²) in [7, 11) is 1.63. The Morgan fingerprint density at radius 3 is 2.56 bits per heavy atom. The van der Waals surface area contributed by atoms with Crippen molar-refractivity contribution in [1.82, 2.24) is 10.2 Å². The van der Waals surface area contributed by atoms with E-state index in [9.17, 15) is 9.59 Å². The Balaban J connectivity index is 1.44. The maximum absolute atomic E-state index is 12.9. The molecule has 6 nitrogen and oxygen atoms in total. The Morgan fingerprint density at radius 2 is 1.94 bits per heavy atom. The molecule has 0 saturated carbocycles. The number of furan rings is 1. The van der Waals surface area contributed by atoms with Gasteiger partial charge < -0.3 is 19.4 Å². The van der Waals surface area contributed by atoms with Crippen LogP contribution in [0.4, 0.5) is 0 Å². The van der Waals surface area contributed by atoms with Crippen LogP contribution >= 0.6 is 11.8 Å².